The van der Waals surface area contributed by atoms with Gasteiger partial charge in [0, 0.05) is 23.9 Å². The van der Waals surface area contributed by atoms with E-state index >= 15 is 0 Å². The van der Waals surface area contributed by atoms with Gasteiger partial charge in [-0.2, -0.15) is 0 Å². The number of fused-ring (bicyclic) bond motifs is 5. The first kappa shape index (κ1) is 24.3. The molecule has 6 nitrogen and oxygen atoms in total. The van der Waals surface area contributed by atoms with Crippen molar-refractivity contribution >= 4 is 11.8 Å². The maximum Gasteiger partial charge on any atom is 0.338 e. The average Bonchev–Trinajstić information content (AvgIpc) is 3.07. The van der Waals surface area contributed by atoms with Crippen LogP contribution >= 0.6 is 0 Å². The first-order valence-electron chi connectivity index (χ1n) is 12.7. The number of carbonyl (C=O) groups excluding carboxylic acids is 2. The van der Waals surface area contributed by atoms with Gasteiger partial charge in [0.25, 0.3) is 0 Å². The zero-order valence-electron chi connectivity index (χ0n) is 21.0. The van der Waals surface area contributed by atoms with E-state index < -0.39 is 6.10 Å². The van der Waals surface area contributed by atoms with Crippen LogP contribution in [0.2, 0.25) is 0 Å². The van der Waals surface area contributed by atoms with Crippen LogP contribution in [0, 0.1) is 34.5 Å². The van der Waals surface area contributed by atoms with Gasteiger partial charge in [0.1, 0.15) is 11.9 Å². The van der Waals surface area contributed by atoms with Gasteiger partial charge in [0.15, 0.2) is 12.6 Å². The first-order chi connectivity index (χ1) is 16.7. The lowest BCUT2D eigenvalue weighted by Gasteiger charge is -2.58. The Balaban J connectivity index is 1.36. The normalized spacial score (nSPS) is 39.8. The zero-order valence-corrected chi connectivity index (χ0v) is 21.0. The SMILES string of the molecule is COCOc1ccc(C(=O)OC2C(C)CC3C4CCC5=CC(=O)C=CC5(C)C4C(O)CC32C)cc1. The van der Waals surface area contributed by atoms with E-state index in [2.05, 4.69) is 20.8 Å². The van der Waals surface area contributed by atoms with Crippen LogP contribution in [-0.2, 0) is 14.3 Å². The highest BCUT2D eigenvalue weighted by atomic mass is 16.7. The van der Waals surface area contributed by atoms with Gasteiger partial charge in [-0.15, -0.1) is 0 Å². The fourth-order valence-corrected chi connectivity index (χ4v) is 7.90. The summed E-state index contributed by atoms with van der Waals surface area (Å²) in [5.41, 5.74) is 1.06. The molecule has 0 heterocycles. The second kappa shape index (κ2) is 8.90. The number of ether oxygens (including phenoxy) is 3. The molecule has 35 heavy (non-hydrogen) atoms. The topological polar surface area (TPSA) is 82.1 Å². The molecule has 4 aliphatic rings. The summed E-state index contributed by atoms with van der Waals surface area (Å²) in [4.78, 5) is 25.1. The number of methoxy groups -OCH3 is 1. The number of rotatable bonds is 5. The van der Waals surface area contributed by atoms with Crippen LogP contribution < -0.4 is 4.74 Å². The molecule has 0 spiro atoms. The van der Waals surface area contributed by atoms with Crippen LogP contribution in [0.5, 0.6) is 5.75 Å². The van der Waals surface area contributed by atoms with Gasteiger partial charge in [-0.05, 0) is 79.9 Å². The van der Waals surface area contributed by atoms with Crippen LogP contribution in [0.4, 0.5) is 0 Å². The standard InChI is InChI=1S/C29H36O6/c1-17-13-23-22-10-7-19-14-20(30)11-12-28(19,2)25(22)24(31)15-29(23,3)26(17)35-27(32)18-5-8-21(9-6-18)34-16-33-4/h5-6,8-9,11-12,14,17,22-26,31H,7,10,13,15-16H2,1-4H3. The summed E-state index contributed by atoms with van der Waals surface area (Å²) in [7, 11) is 1.56. The number of benzene rings is 1. The molecule has 188 valence electrons. The predicted molar refractivity (Wildman–Crippen MR) is 131 cm³/mol. The van der Waals surface area contributed by atoms with E-state index in [9.17, 15) is 14.7 Å². The molecule has 1 aromatic rings. The molecule has 5 rings (SSSR count). The van der Waals surface area contributed by atoms with Gasteiger partial charge in [-0.1, -0.05) is 32.4 Å². The Morgan fingerprint density at radius 2 is 1.94 bits per heavy atom. The Kier molecular flexibility index (Phi) is 6.17. The van der Waals surface area contributed by atoms with Gasteiger partial charge in [-0.25, -0.2) is 4.79 Å². The highest BCUT2D eigenvalue weighted by molar-refractivity contribution is 6.01. The number of hydrogen-bond acceptors (Lipinski definition) is 6. The van der Waals surface area contributed by atoms with Crippen molar-refractivity contribution in [3.05, 3.63) is 53.6 Å². The van der Waals surface area contributed by atoms with Gasteiger partial charge >= 0.3 is 5.97 Å². The lowest BCUT2D eigenvalue weighted by atomic mass is 9.47. The van der Waals surface area contributed by atoms with Crippen molar-refractivity contribution in [3.8, 4) is 5.75 Å². The Labute approximate surface area is 207 Å². The zero-order chi connectivity index (χ0) is 25.0. The molecule has 0 aromatic heterocycles. The third-order valence-electron chi connectivity index (χ3n) is 9.39. The van der Waals surface area contributed by atoms with E-state index in [1.807, 2.05) is 6.08 Å². The fraction of sp³-hybridized carbons (Fsp3) is 0.586. The number of esters is 1. The molecule has 1 N–H and O–H groups in total. The van der Waals surface area contributed by atoms with E-state index in [1.165, 1.54) is 0 Å². The number of hydrogen-bond donors (Lipinski definition) is 1. The summed E-state index contributed by atoms with van der Waals surface area (Å²) in [6.07, 6.45) is 8.11. The molecule has 0 aliphatic heterocycles. The second-order valence-electron chi connectivity index (χ2n) is 11.4. The van der Waals surface area contributed by atoms with Crippen LogP contribution in [0.1, 0.15) is 56.8 Å². The van der Waals surface area contributed by atoms with Crippen molar-refractivity contribution in [1.29, 1.82) is 0 Å². The molecule has 8 atom stereocenters. The summed E-state index contributed by atoms with van der Waals surface area (Å²) < 4.78 is 16.5. The maximum atomic E-state index is 13.1. The number of aliphatic hydroxyl groups excluding tert-OH is 1. The molecule has 0 bridgehead atoms. The van der Waals surface area contributed by atoms with Crippen LogP contribution in [0.15, 0.2) is 48.1 Å². The molecule has 0 radical (unpaired) electrons. The number of aliphatic hydroxyl groups is 1. The molecule has 0 saturated heterocycles. The molecule has 3 saturated carbocycles. The molecule has 8 unspecified atom stereocenters. The van der Waals surface area contributed by atoms with Crippen molar-refractivity contribution < 1.29 is 28.9 Å². The van der Waals surface area contributed by atoms with E-state index in [0.717, 1.165) is 24.8 Å². The quantitative estimate of drug-likeness (QED) is 0.485. The molecule has 3 fully saturated rings. The Hall–Kier alpha value is -2.44. The number of carbonyl (C=O) groups is 2. The molecule has 0 amide bonds. The van der Waals surface area contributed by atoms with E-state index in [4.69, 9.17) is 14.2 Å². The van der Waals surface area contributed by atoms with Crippen LogP contribution in [0.25, 0.3) is 0 Å². The maximum absolute atomic E-state index is 13.1. The van der Waals surface area contributed by atoms with Gasteiger partial charge < -0.3 is 19.3 Å². The monoisotopic (exact) mass is 480 g/mol. The summed E-state index contributed by atoms with van der Waals surface area (Å²) in [6.45, 7) is 6.70. The Morgan fingerprint density at radius 1 is 1.20 bits per heavy atom. The van der Waals surface area contributed by atoms with Gasteiger partial charge in [0.2, 0.25) is 0 Å². The average molecular weight is 481 g/mol. The number of ketones is 1. The lowest BCUT2D eigenvalue weighted by molar-refractivity contribution is -0.133. The van der Waals surface area contributed by atoms with Crippen molar-refractivity contribution in [3.63, 3.8) is 0 Å². The fourth-order valence-electron chi connectivity index (χ4n) is 7.90. The number of allylic oxidation sites excluding steroid dienone is 4. The smallest absolute Gasteiger partial charge is 0.338 e. The van der Waals surface area contributed by atoms with Gasteiger partial charge in [-0.3, -0.25) is 4.79 Å². The molecule has 1 aromatic carbocycles. The van der Waals surface area contributed by atoms with E-state index in [1.54, 1.807) is 43.5 Å². The van der Waals surface area contributed by atoms with Crippen LogP contribution in [-0.4, -0.2) is 43.0 Å². The minimum atomic E-state index is -0.517. The molecular weight excluding hydrogens is 444 g/mol. The summed E-state index contributed by atoms with van der Waals surface area (Å²) in [5.74, 6) is 1.30. The Bertz CT molecular complexity index is 1060. The predicted octanol–water partition coefficient (Wildman–Crippen LogP) is 4.72. The van der Waals surface area contributed by atoms with Crippen molar-refractivity contribution in [2.24, 2.45) is 34.5 Å². The molecular formula is C29H36O6. The molecule has 4 aliphatic carbocycles. The summed E-state index contributed by atoms with van der Waals surface area (Å²) in [6, 6.07) is 6.91. The third kappa shape index (κ3) is 3.95. The van der Waals surface area contributed by atoms with Gasteiger partial charge in [0.05, 0.1) is 11.7 Å². The lowest BCUT2D eigenvalue weighted by Crippen LogP contribution is -2.57. The molecule has 6 heteroatoms. The Morgan fingerprint density at radius 3 is 2.66 bits per heavy atom. The highest BCUT2D eigenvalue weighted by Crippen LogP contribution is 2.65. The second-order valence-corrected chi connectivity index (χ2v) is 11.4. The highest BCUT2D eigenvalue weighted by Gasteiger charge is 2.64. The first-order valence-corrected chi connectivity index (χ1v) is 12.7. The third-order valence-corrected chi connectivity index (χ3v) is 9.39. The summed E-state index contributed by atoms with van der Waals surface area (Å²) >= 11 is 0. The summed E-state index contributed by atoms with van der Waals surface area (Å²) in [5, 5.41) is 11.5. The minimum absolute atomic E-state index is 0.0471. The minimum Gasteiger partial charge on any atom is -0.468 e. The van der Waals surface area contributed by atoms with Crippen molar-refractivity contribution in [2.75, 3.05) is 13.9 Å². The van der Waals surface area contributed by atoms with E-state index in [-0.39, 0.29) is 47.3 Å². The van der Waals surface area contributed by atoms with Crippen molar-refractivity contribution in [1.82, 2.24) is 0 Å². The largest absolute Gasteiger partial charge is 0.468 e. The van der Waals surface area contributed by atoms with Crippen molar-refractivity contribution in [2.45, 2.75) is 58.7 Å². The van der Waals surface area contributed by atoms with Crippen LogP contribution in [0.3, 0.4) is 0 Å². The van der Waals surface area contributed by atoms with E-state index in [0.29, 0.717) is 29.6 Å².